The number of hydrogen-bond acceptors (Lipinski definition) is 6. The molecule has 0 aliphatic heterocycles. The zero-order valence-electron chi connectivity index (χ0n) is 10.9. The number of benzene rings is 1. The summed E-state index contributed by atoms with van der Waals surface area (Å²) in [5.41, 5.74) is -1.58. The van der Waals surface area contributed by atoms with Gasteiger partial charge in [0, 0.05) is 17.2 Å². The Balaban J connectivity index is 3.10. The molecule has 0 bridgehead atoms. The maximum Gasteiger partial charge on any atom is 0.273 e. The van der Waals surface area contributed by atoms with E-state index < -0.39 is 36.2 Å². The fourth-order valence-corrected chi connectivity index (χ4v) is 1.64. The molecule has 0 saturated heterocycles. The number of nitro benzene ring substituents is 1. The molecular weight excluding hydrogens is 268 g/mol. The van der Waals surface area contributed by atoms with Crippen LogP contribution in [0.4, 0.5) is 5.69 Å². The molecule has 0 aliphatic rings. The molecule has 1 aromatic carbocycles. The molecule has 8 heteroatoms. The summed E-state index contributed by atoms with van der Waals surface area (Å²) in [6, 6.07) is 4.01. The van der Waals surface area contributed by atoms with E-state index in [2.05, 4.69) is 5.32 Å². The summed E-state index contributed by atoms with van der Waals surface area (Å²) >= 11 is 0. The fraction of sp³-hybridized carbons (Fsp3) is 0.417. The minimum absolute atomic E-state index is 0.0407. The summed E-state index contributed by atoms with van der Waals surface area (Å²) in [6.07, 6.45) is 0. The van der Waals surface area contributed by atoms with Crippen LogP contribution in [0.1, 0.15) is 15.9 Å². The van der Waals surface area contributed by atoms with E-state index in [1.807, 2.05) is 0 Å². The molecule has 0 aliphatic carbocycles. The standard InChI is InChI=1S/C12H16N2O6/c1-8-9(3-2-4-10(8)14(19)20)11(18)13-12(5-15,6-16)7-17/h2-4,15-17H,5-7H2,1H3,(H,13,18). The second-order valence-corrected chi connectivity index (χ2v) is 4.42. The van der Waals surface area contributed by atoms with Crippen molar-refractivity contribution >= 4 is 11.6 Å². The highest BCUT2D eigenvalue weighted by atomic mass is 16.6. The zero-order valence-corrected chi connectivity index (χ0v) is 10.9. The molecule has 1 aromatic rings. The van der Waals surface area contributed by atoms with E-state index in [-0.39, 0.29) is 16.8 Å². The van der Waals surface area contributed by atoms with Crippen molar-refractivity contribution in [2.45, 2.75) is 12.5 Å². The Morgan fingerprint density at radius 3 is 2.30 bits per heavy atom. The Bertz CT molecular complexity index is 504. The lowest BCUT2D eigenvalue weighted by Crippen LogP contribution is -2.57. The normalized spacial score (nSPS) is 11.2. The number of nitrogens with zero attached hydrogens (tertiary/aromatic N) is 1. The molecule has 0 atom stereocenters. The molecule has 0 aromatic heterocycles. The van der Waals surface area contributed by atoms with Gasteiger partial charge in [0.1, 0.15) is 5.54 Å². The molecule has 0 unspecified atom stereocenters. The molecule has 4 N–H and O–H groups in total. The topological polar surface area (TPSA) is 133 Å². The van der Waals surface area contributed by atoms with Crippen LogP contribution < -0.4 is 5.32 Å². The molecular formula is C12H16N2O6. The smallest absolute Gasteiger partial charge is 0.273 e. The number of hydrogen-bond donors (Lipinski definition) is 4. The van der Waals surface area contributed by atoms with Crippen LogP contribution >= 0.6 is 0 Å². The Morgan fingerprint density at radius 2 is 1.85 bits per heavy atom. The zero-order chi connectivity index (χ0) is 15.3. The van der Waals surface area contributed by atoms with Crippen LogP contribution in [-0.4, -0.2) is 51.5 Å². The number of amides is 1. The number of nitrogens with one attached hydrogen (secondary N) is 1. The van der Waals surface area contributed by atoms with Crippen molar-refractivity contribution in [3.8, 4) is 0 Å². The summed E-state index contributed by atoms with van der Waals surface area (Å²) in [4.78, 5) is 22.3. The van der Waals surface area contributed by atoms with Gasteiger partial charge in [-0.25, -0.2) is 0 Å². The summed E-state index contributed by atoms with van der Waals surface area (Å²) in [5.74, 6) is -0.719. The van der Waals surface area contributed by atoms with Crippen molar-refractivity contribution < 1.29 is 25.0 Å². The molecule has 1 rings (SSSR count). The van der Waals surface area contributed by atoms with Crippen LogP contribution in [0.3, 0.4) is 0 Å². The van der Waals surface area contributed by atoms with E-state index in [1.165, 1.54) is 25.1 Å². The van der Waals surface area contributed by atoms with E-state index in [9.17, 15) is 14.9 Å². The minimum atomic E-state index is -1.58. The van der Waals surface area contributed by atoms with Crippen LogP contribution in [0.2, 0.25) is 0 Å². The third kappa shape index (κ3) is 3.10. The van der Waals surface area contributed by atoms with Gasteiger partial charge in [-0.2, -0.15) is 0 Å². The molecule has 8 nitrogen and oxygen atoms in total. The Hall–Kier alpha value is -2.03. The minimum Gasteiger partial charge on any atom is -0.394 e. The lowest BCUT2D eigenvalue weighted by atomic mass is 10.0. The van der Waals surface area contributed by atoms with Crippen molar-refractivity contribution in [3.63, 3.8) is 0 Å². The first-order valence-electron chi connectivity index (χ1n) is 5.80. The molecule has 0 heterocycles. The number of carbonyl (C=O) groups is 1. The van der Waals surface area contributed by atoms with E-state index in [4.69, 9.17) is 15.3 Å². The lowest BCUT2D eigenvalue weighted by Gasteiger charge is -2.28. The monoisotopic (exact) mass is 284 g/mol. The third-order valence-electron chi connectivity index (χ3n) is 3.03. The molecule has 1 amide bonds. The van der Waals surface area contributed by atoms with Gasteiger partial charge in [-0.15, -0.1) is 0 Å². The van der Waals surface area contributed by atoms with Crippen LogP contribution in [0.15, 0.2) is 18.2 Å². The van der Waals surface area contributed by atoms with Gasteiger partial charge in [-0.1, -0.05) is 6.07 Å². The largest absolute Gasteiger partial charge is 0.394 e. The highest BCUT2D eigenvalue weighted by Crippen LogP contribution is 2.21. The van der Waals surface area contributed by atoms with Gasteiger partial charge in [0.05, 0.1) is 24.7 Å². The van der Waals surface area contributed by atoms with Gasteiger partial charge >= 0.3 is 0 Å². The van der Waals surface area contributed by atoms with Gasteiger partial charge in [-0.3, -0.25) is 14.9 Å². The lowest BCUT2D eigenvalue weighted by molar-refractivity contribution is -0.385. The van der Waals surface area contributed by atoms with Crippen molar-refractivity contribution in [1.29, 1.82) is 0 Å². The summed E-state index contributed by atoms with van der Waals surface area (Å²) in [6.45, 7) is -0.579. The first-order chi connectivity index (χ1) is 9.40. The maximum atomic E-state index is 12.1. The number of carbonyl (C=O) groups excluding carboxylic acids is 1. The average molecular weight is 284 g/mol. The van der Waals surface area contributed by atoms with E-state index in [0.717, 1.165) is 0 Å². The third-order valence-corrected chi connectivity index (χ3v) is 3.03. The Kier molecular flexibility index (Phi) is 5.14. The molecule has 0 saturated carbocycles. The van der Waals surface area contributed by atoms with Gasteiger partial charge in [0.2, 0.25) is 0 Å². The van der Waals surface area contributed by atoms with Crippen molar-refractivity contribution in [1.82, 2.24) is 5.32 Å². The van der Waals surface area contributed by atoms with Crippen LogP contribution in [0.5, 0.6) is 0 Å². The van der Waals surface area contributed by atoms with Crippen molar-refractivity contribution in [3.05, 3.63) is 39.4 Å². The second-order valence-electron chi connectivity index (χ2n) is 4.42. The van der Waals surface area contributed by atoms with Gasteiger partial charge in [-0.05, 0) is 13.0 Å². The molecule has 0 spiro atoms. The number of aliphatic hydroxyl groups excluding tert-OH is 3. The van der Waals surface area contributed by atoms with E-state index in [1.54, 1.807) is 0 Å². The molecule has 0 radical (unpaired) electrons. The van der Waals surface area contributed by atoms with Gasteiger partial charge < -0.3 is 20.6 Å². The van der Waals surface area contributed by atoms with Gasteiger partial charge in [0.15, 0.2) is 0 Å². The maximum absolute atomic E-state index is 12.1. The molecule has 0 fully saturated rings. The van der Waals surface area contributed by atoms with Crippen molar-refractivity contribution in [2.75, 3.05) is 19.8 Å². The quantitative estimate of drug-likeness (QED) is 0.405. The van der Waals surface area contributed by atoms with Crippen LogP contribution in [0, 0.1) is 17.0 Å². The Labute approximate surface area is 114 Å². The summed E-state index contributed by atoms with van der Waals surface area (Å²) in [5, 5.41) is 40.5. The first-order valence-corrected chi connectivity index (χ1v) is 5.80. The summed E-state index contributed by atoms with van der Waals surface area (Å²) in [7, 11) is 0. The number of aliphatic hydroxyl groups is 3. The predicted molar refractivity (Wildman–Crippen MR) is 69.3 cm³/mol. The SMILES string of the molecule is Cc1c(C(=O)NC(CO)(CO)CO)cccc1[N+](=O)[O-]. The average Bonchev–Trinajstić information content (AvgIpc) is 2.44. The predicted octanol–water partition coefficient (Wildman–Crippen LogP) is -0.651. The number of nitro groups is 1. The summed E-state index contributed by atoms with van der Waals surface area (Å²) < 4.78 is 0. The number of rotatable bonds is 6. The second kappa shape index (κ2) is 6.42. The fourth-order valence-electron chi connectivity index (χ4n) is 1.64. The van der Waals surface area contributed by atoms with Crippen molar-refractivity contribution in [2.24, 2.45) is 0 Å². The highest BCUT2D eigenvalue weighted by Gasteiger charge is 2.31. The first kappa shape index (κ1) is 16.0. The van der Waals surface area contributed by atoms with Crippen LogP contribution in [0.25, 0.3) is 0 Å². The molecule has 20 heavy (non-hydrogen) atoms. The van der Waals surface area contributed by atoms with E-state index >= 15 is 0 Å². The highest BCUT2D eigenvalue weighted by molar-refractivity contribution is 5.97. The van der Waals surface area contributed by atoms with Crippen LogP contribution in [-0.2, 0) is 0 Å². The Morgan fingerprint density at radius 1 is 1.30 bits per heavy atom. The van der Waals surface area contributed by atoms with E-state index in [0.29, 0.717) is 0 Å². The molecule has 110 valence electrons. The van der Waals surface area contributed by atoms with Gasteiger partial charge in [0.25, 0.3) is 11.6 Å².